The molecule has 1 aromatic carbocycles. The molecule has 1 fully saturated rings. The number of benzene rings is 1. The van der Waals surface area contributed by atoms with Crippen LogP contribution >= 0.6 is 11.6 Å². The second-order valence-electron chi connectivity index (χ2n) is 5.84. The summed E-state index contributed by atoms with van der Waals surface area (Å²) in [5.74, 6) is -1.05. The van der Waals surface area contributed by atoms with Crippen LogP contribution in [0.2, 0.25) is 5.02 Å². The lowest BCUT2D eigenvalue weighted by Crippen LogP contribution is -2.41. The van der Waals surface area contributed by atoms with Gasteiger partial charge >= 0.3 is 5.97 Å². The van der Waals surface area contributed by atoms with Crippen molar-refractivity contribution in [3.8, 4) is 5.75 Å². The van der Waals surface area contributed by atoms with Crippen molar-refractivity contribution in [1.82, 2.24) is 0 Å². The monoisotopic (exact) mass is 340 g/mol. The number of esters is 1. The quantitative estimate of drug-likeness (QED) is 0.791. The molecule has 1 heterocycles. The number of rotatable bonds is 3. The van der Waals surface area contributed by atoms with Gasteiger partial charge in [-0.2, -0.15) is 0 Å². The average molecular weight is 341 g/mol. The fraction of sp³-hybridized carbons (Fsp3) is 0.588. The van der Waals surface area contributed by atoms with E-state index in [1.807, 2.05) is 13.0 Å². The van der Waals surface area contributed by atoms with Crippen molar-refractivity contribution in [3.05, 3.63) is 28.3 Å². The molecule has 1 saturated heterocycles. The summed E-state index contributed by atoms with van der Waals surface area (Å²) in [6.45, 7) is 5.06. The first-order valence-electron chi connectivity index (χ1n) is 7.85. The van der Waals surface area contributed by atoms with Gasteiger partial charge in [-0.05, 0) is 30.5 Å². The molecule has 2 atom stereocenters. The Kier molecular flexibility index (Phi) is 4.54. The Morgan fingerprint density at radius 3 is 2.70 bits per heavy atom. The molecule has 1 spiro atoms. The Hall–Kier alpha value is -1.30. The number of hydrogen-bond donors (Lipinski definition) is 0. The Morgan fingerprint density at radius 1 is 1.39 bits per heavy atom. The summed E-state index contributed by atoms with van der Waals surface area (Å²) < 4.78 is 22.6. The molecule has 2 aliphatic rings. The average Bonchev–Trinajstić information content (AvgIpc) is 3.00. The smallest absolute Gasteiger partial charge is 0.309 e. The predicted octanol–water partition coefficient (Wildman–Crippen LogP) is 3.23. The third-order valence-corrected chi connectivity index (χ3v) is 4.98. The Morgan fingerprint density at radius 2 is 2.09 bits per heavy atom. The highest BCUT2D eigenvalue weighted by Crippen LogP contribution is 2.54. The predicted molar refractivity (Wildman–Crippen MR) is 84.7 cm³/mol. The van der Waals surface area contributed by atoms with Gasteiger partial charge in [-0.1, -0.05) is 18.5 Å². The molecule has 1 aromatic rings. The first-order chi connectivity index (χ1) is 11.0. The summed E-state index contributed by atoms with van der Waals surface area (Å²) in [7, 11) is 1.61. The van der Waals surface area contributed by atoms with Gasteiger partial charge in [0.05, 0.1) is 38.4 Å². The summed E-state index contributed by atoms with van der Waals surface area (Å²) in [5, 5.41) is 0.584. The number of carbonyl (C=O) groups excluding carboxylic acids is 1. The number of methoxy groups -OCH3 is 1. The number of ether oxygens (including phenoxy) is 4. The summed E-state index contributed by atoms with van der Waals surface area (Å²) >= 11 is 6.46. The van der Waals surface area contributed by atoms with Gasteiger partial charge in [0, 0.05) is 11.4 Å². The Bertz CT molecular complexity index is 609. The lowest BCUT2D eigenvalue weighted by atomic mass is 9.72. The van der Waals surface area contributed by atoms with Crippen LogP contribution < -0.4 is 4.74 Å². The molecule has 0 amide bonds. The van der Waals surface area contributed by atoms with Crippen molar-refractivity contribution < 1.29 is 23.7 Å². The molecule has 0 radical (unpaired) electrons. The highest BCUT2D eigenvalue weighted by molar-refractivity contribution is 6.31. The molecule has 23 heavy (non-hydrogen) atoms. The van der Waals surface area contributed by atoms with Gasteiger partial charge in [-0.25, -0.2) is 0 Å². The van der Waals surface area contributed by atoms with Crippen LogP contribution in [0, 0.1) is 5.92 Å². The minimum absolute atomic E-state index is 0.106. The topological polar surface area (TPSA) is 54.0 Å². The number of hydrogen-bond acceptors (Lipinski definition) is 5. The maximum absolute atomic E-state index is 12.4. The van der Waals surface area contributed by atoms with Crippen molar-refractivity contribution >= 4 is 17.6 Å². The maximum Gasteiger partial charge on any atom is 0.309 e. The lowest BCUT2D eigenvalue weighted by molar-refractivity contribution is -0.194. The summed E-state index contributed by atoms with van der Waals surface area (Å²) in [6, 6.07) is 3.59. The van der Waals surface area contributed by atoms with E-state index in [1.165, 1.54) is 0 Å². The summed E-state index contributed by atoms with van der Waals surface area (Å²) in [5.41, 5.74) is 1.65. The second-order valence-corrected chi connectivity index (χ2v) is 6.25. The normalized spacial score (nSPS) is 25.2. The van der Waals surface area contributed by atoms with Gasteiger partial charge in [-0.3, -0.25) is 4.79 Å². The number of fused-ring (bicyclic) bond motifs is 2. The standard InChI is InChI=1S/C17H21ClO5/c1-4-21-16(19)11-9-17(22-7-8-23-17)15-13(20-3)6-5-12(18)14(15)10(11)2/h5-6,10-11H,4,7-9H2,1-3H3/t10-,11+/m1/s1. The lowest BCUT2D eigenvalue weighted by Gasteiger charge is -2.41. The van der Waals surface area contributed by atoms with Crippen LogP contribution in [0.1, 0.15) is 37.3 Å². The molecule has 0 saturated carbocycles. The van der Waals surface area contributed by atoms with Gasteiger partial charge in [0.15, 0.2) is 5.79 Å². The van der Waals surface area contributed by atoms with Gasteiger partial charge in [0.1, 0.15) is 5.75 Å². The molecule has 1 aliphatic carbocycles. The fourth-order valence-corrected chi connectivity index (χ4v) is 3.94. The van der Waals surface area contributed by atoms with Gasteiger partial charge < -0.3 is 18.9 Å². The highest BCUT2D eigenvalue weighted by atomic mass is 35.5. The zero-order valence-electron chi connectivity index (χ0n) is 13.6. The number of carbonyl (C=O) groups is 1. The van der Waals surface area contributed by atoms with E-state index >= 15 is 0 Å². The van der Waals surface area contributed by atoms with E-state index in [9.17, 15) is 4.79 Å². The van der Waals surface area contributed by atoms with Crippen LogP contribution in [0.15, 0.2) is 12.1 Å². The first kappa shape index (κ1) is 16.6. The van der Waals surface area contributed by atoms with Crippen molar-refractivity contribution in [2.75, 3.05) is 26.9 Å². The van der Waals surface area contributed by atoms with E-state index < -0.39 is 5.79 Å². The molecule has 0 N–H and O–H groups in total. The van der Waals surface area contributed by atoms with Crippen molar-refractivity contribution in [2.45, 2.75) is 32.0 Å². The fourth-order valence-electron chi connectivity index (χ4n) is 3.61. The minimum atomic E-state index is -0.991. The molecule has 0 aromatic heterocycles. The van der Waals surface area contributed by atoms with E-state index in [2.05, 4.69) is 0 Å². The van der Waals surface area contributed by atoms with Crippen LogP contribution in [0.3, 0.4) is 0 Å². The van der Waals surface area contributed by atoms with Crippen molar-refractivity contribution in [1.29, 1.82) is 0 Å². The van der Waals surface area contributed by atoms with Crippen LogP contribution in [-0.4, -0.2) is 32.9 Å². The van der Waals surface area contributed by atoms with Crippen LogP contribution in [0.25, 0.3) is 0 Å². The van der Waals surface area contributed by atoms with Crippen LogP contribution in [-0.2, 0) is 24.8 Å². The third-order valence-electron chi connectivity index (χ3n) is 4.65. The summed E-state index contributed by atoms with van der Waals surface area (Å²) in [4.78, 5) is 12.4. The largest absolute Gasteiger partial charge is 0.496 e. The van der Waals surface area contributed by atoms with Gasteiger partial charge in [0.2, 0.25) is 0 Å². The van der Waals surface area contributed by atoms with E-state index in [0.717, 1.165) is 11.1 Å². The zero-order chi connectivity index (χ0) is 16.6. The molecule has 126 valence electrons. The Balaban J connectivity index is 2.16. The van der Waals surface area contributed by atoms with E-state index in [4.69, 9.17) is 30.5 Å². The van der Waals surface area contributed by atoms with Crippen LogP contribution in [0.4, 0.5) is 0 Å². The van der Waals surface area contributed by atoms with Crippen LogP contribution in [0.5, 0.6) is 5.75 Å². The maximum atomic E-state index is 12.4. The van der Waals surface area contributed by atoms with E-state index in [0.29, 0.717) is 37.0 Å². The SMILES string of the molecule is CCOC(=O)[C@H]1CC2(OCCO2)c2c(OC)ccc(Cl)c2[C@@H]1C. The third kappa shape index (κ3) is 2.61. The number of halogens is 1. The molecule has 1 aliphatic heterocycles. The highest BCUT2D eigenvalue weighted by Gasteiger charge is 2.52. The molecular weight excluding hydrogens is 320 g/mol. The first-order valence-corrected chi connectivity index (χ1v) is 8.23. The van der Waals surface area contributed by atoms with E-state index in [-0.39, 0.29) is 17.8 Å². The van der Waals surface area contributed by atoms with Gasteiger partial charge in [-0.15, -0.1) is 0 Å². The second kappa shape index (κ2) is 6.30. The van der Waals surface area contributed by atoms with Gasteiger partial charge in [0.25, 0.3) is 0 Å². The van der Waals surface area contributed by atoms with E-state index in [1.54, 1.807) is 20.1 Å². The minimum Gasteiger partial charge on any atom is -0.496 e. The summed E-state index contributed by atoms with van der Waals surface area (Å²) in [6.07, 6.45) is 0.400. The molecule has 0 unspecified atom stereocenters. The Labute approximate surface area is 140 Å². The molecule has 6 heteroatoms. The molecular formula is C17H21ClO5. The van der Waals surface area contributed by atoms with Crippen molar-refractivity contribution in [2.24, 2.45) is 5.92 Å². The molecule has 0 bridgehead atoms. The molecule has 3 rings (SSSR count). The van der Waals surface area contributed by atoms with Crippen molar-refractivity contribution in [3.63, 3.8) is 0 Å². The molecule has 5 nitrogen and oxygen atoms in total. The zero-order valence-corrected chi connectivity index (χ0v) is 14.3.